The number of pyridine rings is 1. The maximum Gasteiger partial charge on any atom is 0.427 e. The molecule has 152 valence electrons. The maximum absolute atomic E-state index is 14.4. The molecule has 3 heterocycles. The summed E-state index contributed by atoms with van der Waals surface area (Å²) in [6.45, 7) is 5.83. The summed E-state index contributed by atoms with van der Waals surface area (Å²) in [6, 6.07) is 1.43. The Kier molecular flexibility index (Phi) is 5.04. The molecule has 0 amide bonds. The Bertz CT molecular complexity index is 871. The van der Waals surface area contributed by atoms with Crippen LogP contribution in [0.3, 0.4) is 0 Å². The molecule has 1 atom stereocenters. The van der Waals surface area contributed by atoms with Crippen LogP contribution in [-0.2, 0) is 0 Å². The average Bonchev–Trinajstić information content (AvgIpc) is 2.85. The van der Waals surface area contributed by atoms with Crippen LogP contribution in [0.4, 0.5) is 17.6 Å². The van der Waals surface area contributed by atoms with E-state index in [1.165, 1.54) is 11.8 Å². The average molecular weight is 397 g/mol. The van der Waals surface area contributed by atoms with Gasteiger partial charge in [0.2, 0.25) is 0 Å². The molecular weight excluding hydrogens is 374 g/mol. The molecule has 0 saturated heterocycles. The third-order valence-corrected chi connectivity index (χ3v) is 5.19. The van der Waals surface area contributed by atoms with E-state index in [0.717, 1.165) is 37.6 Å². The van der Waals surface area contributed by atoms with Crippen LogP contribution < -0.4 is 4.74 Å². The number of allylic oxidation sites excluding steroid dienone is 3. The van der Waals surface area contributed by atoms with Gasteiger partial charge in [-0.25, -0.2) is 14.4 Å². The van der Waals surface area contributed by atoms with Gasteiger partial charge in [-0.2, -0.15) is 13.2 Å². The normalized spacial score (nSPS) is 20.5. The zero-order valence-electron chi connectivity index (χ0n) is 16.4. The van der Waals surface area contributed by atoms with Crippen LogP contribution in [0.15, 0.2) is 41.9 Å². The number of halogens is 4. The summed E-state index contributed by atoms with van der Waals surface area (Å²) in [5.41, 5.74) is 0.855. The number of hydrazine groups is 1. The fraction of sp³-hybridized carbons (Fsp3) is 0.450. The molecule has 2 aliphatic rings. The van der Waals surface area contributed by atoms with Crippen LogP contribution in [0.25, 0.3) is 5.57 Å². The highest BCUT2D eigenvalue weighted by Gasteiger charge is 2.50. The molecule has 3 rings (SSSR count). The van der Waals surface area contributed by atoms with Gasteiger partial charge >= 0.3 is 6.18 Å². The van der Waals surface area contributed by atoms with Crippen molar-refractivity contribution < 1.29 is 22.3 Å². The fourth-order valence-corrected chi connectivity index (χ4v) is 3.37. The first kappa shape index (κ1) is 20.4. The van der Waals surface area contributed by atoms with E-state index in [1.807, 2.05) is 30.4 Å². The Morgan fingerprint density at radius 2 is 1.93 bits per heavy atom. The highest BCUT2D eigenvalue weighted by molar-refractivity contribution is 5.77. The third-order valence-electron chi connectivity index (χ3n) is 5.19. The van der Waals surface area contributed by atoms with Gasteiger partial charge in [0.05, 0.1) is 11.7 Å². The number of likely N-dealkylation sites (N-methyl/N-ethyl adjacent to an activating group) is 1. The second-order valence-electron chi connectivity index (χ2n) is 7.45. The monoisotopic (exact) mass is 397 g/mol. The molecular formula is C20H23F4N3O. The second-order valence-corrected chi connectivity index (χ2v) is 7.45. The lowest BCUT2D eigenvalue weighted by atomic mass is 10.0. The summed E-state index contributed by atoms with van der Waals surface area (Å²) in [7, 11) is 2.00. The Balaban J connectivity index is 1.89. The van der Waals surface area contributed by atoms with E-state index in [1.54, 1.807) is 0 Å². The van der Waals surface area contributed by atoms with Crippen molar-refractivity contribution in [1.82, 2.24) is 15.0 Å². The van der Waals surface area contributed by atoms with E-state index in [-0.39, 0.29) is 6.04 Å². The SMILES string of the molecule is CCC1C(C)=C2C=C(c3cnc(OC(C)(C)C(F)(F)F)c(F)c3)C=CN2N1C. The van der Waals surface area contributed by atoms with E-state index >= 15 is 0 Å². The maximum atomic E-state index is 14.4. The Hall–Kier alpha value is -2.35. The number of fused-ring (bicyclic) bond motifs is 1. The molecule has 0 radical (unpaired) electrons. The van der Waals surface area contributed by atoms with Gasteiger partial charge in [-0.3, -0.25) is 5.01 Å². The molecule has 28 heavy (non-hydrogen) atoms. The van der Waals surface area contributed by atoms with Crippen LogP contribution in [0.2, 0.25) is 0 Å². The van der Waals surface area contributed by atoms with Crippen LogP contribution in [-0.4, -0.2) is 39.9 Å². The van der Waals surface area contributed by atoms with Crippen LogP contribution in [0.1, 0.15) is 39.7 Å². The minimum absolute atomic E-state index is 0.283. The lowest BCUT2D eigenvalue weighted by Gasteiger charge is -2.30. The Morgan fingerprint density at radius 1 is 1.25 bits per heavy atom. The van der Waals surface area contributed by atoms with E-state index in [9.17, 15) is 17.6 Å². The van der Waals surface area contributed by atoms with Gasteiger partial charge in [-0.15, -0.1) is 0 Å². The highest BCUT2D eigenvalue weighted by atomic mass is 19.4. The molecule has 1 aromatic heterocycles. The predicted octanol–water partition coefficient (Wildman–Crippen LogP) is 5.07. The lowest BCUT2D eigenvalue weighted by Crippen LogP contribution is -2.45. The zero-order chi connectivity index (χ0) is 20.9. The topological polar surface area (TPSA) is 28.6 Å². The molecule has 0 fully saturated rings. The van der Waals surface area contributed by atoms with Gasteiger partial charge in [0.1, 0.15) is 0 Å². The number of alkyl halides is 3. The Morgan fingerprint density at radius 3 is 2.50 bits per heavy atom. The smallest absolute Gasteiger partial charge is 0.427 e. The summed E-state index contributed by atoms with van der Waals surface area (Å²) in [5.74, 6) is -1.61. The number of ether oxygens (including phenoxy) is 1. The molecule has 0 aliphatic carbocycles. The predicted molar refractivity (Wildman–Crippen MR) is 98.5 cm³/mol. The second kappa shape index (κ2) is 6.92. The standard InChI is InChI=1S/C20H23F4N3O/c1-6-16-12(2)17-10-13(7-8-27(17)26(16)5)14-9-15(21)18(25-11-14)28-19(3,4)20(22,23)24/h7-11,16H,6H2,1-5H3. The van der Waals surface area contributed by atoms with Crippen molar-refractivity contribution in [1.29, 1.82) is 0 Å². The number of hydrogen-bond donors (Lipinski definition) is 0. The molecule has 0 saturated carbocycles. The number of nitrogens with zero attached hydrogens (tertiary/aromatic N) is 3. The molecule has 0 bridgehead atoms. The third kappa shape index (κ3) is 3.41. The first-order chi connectivity index (χ1) is 13.0. The first-order valence-corrected chi connectivity index (χ1v) is 9.00. The van der Waals surface area contributed by atoms with Crippen molar-refractivity contribution in [3.05, 3.63) is 53.3 Å². The largest absolute Gasteiger partial charge is 0.460 e. The van der Waals surface area contributed by atoms with Gasteiger partial charge in [0.25, 0.3) is 5.88 Å². The van der Waals surface area contributed by atoms with Crippen LogP contribution in [0, 0.1) is 5.82 Å². The van der Waals surface area contributed by atoms with E-state index in [2.05, 4.69) is 23.8 Å². The molecule has 1 aromatic rings. The van der Waals surface area contributed by atoms with Gasteiger partial charge in [0.15, 0.2) is 11.4 Å². The molecule has 4 nitrogen and oxygen atoms in total. The van der Waals surface area contributed by atoms with Gasteiger partial charge < -0.3 is 4.74 Å². The van der Waals surface area contributed by atoms with Crippen molar-refractivity contribution >= 4 is 5.57 Å². The number of hydrogen-bond acceptors (Lipinski definition) is 4. The quantitative estimate of drug-likeness (QED) is 0.664. The summed E-state index contributed by atoms with van der Waals surface area (Å²) in [5, 5.41) is 4.16. The van der Waals surface area contributed by atoms with Crippen molar-refractivity contribution in [2.75, 3.05) is 7.05 Å². The summed E-state index contributed by atoms with van der Waals surface area (Å²) < 4.78 is 58.1. The zero-order valence-corrected chi connectivity index (χ0v) is 16.4. The van der Waals surface area contributed by atoms with Gasteiger partial charge in [0, 0.05) is 25.0 Å². The van der Waals surface area contributed by atoms with E-state index in [0.29, 0.717) is 5.56 Å². The summed E-state index contributed by atoms with van der Waals surface area (Å²) in [6.07, 6.45) is 3.27. The van der Waals surface area contributed by atoms with Gasteiger partial charge in [-0.05, 0) is 56.6 Å². The van der Waals surface area contributed by atoms with Crippen molar-refractivity contribution in [2.45, 2.75) is 51.9 Å². The number of aromatic nitrogens is 1. The molecule has 0 aromatic carbocycles. The van der Waals surface area contributed by atoms with Crippen molar-refractivity contribution in [2.24, 2.45) is 0 Å². The molecule has 1 unspecified atom stereocenters. The van der Waals surface area contributed by atoms with Crippen LogP contribution in [0.5, 0.6) is 5.88 Å². The van der Waals surface area contributed by atoms with Gasteiger partial charge in [-0.1, -0.05) is 6.92 Å². The van der Waals surface area contributed by atoms with E-state index in [4.69, 9.17) is 4.74 Å². The summed E-state index contributed by atoms with van der Waals surface area (Å²) in [4.78, 5) is 3.79. The highest BCUT2D eigenvalue weighted by Crippen LogP contribution is 2.37. The lowest BCUT2D eigenvalue weighted by molar-refractivity contribution is -0.235. The molecule has 2 aliphatic heterocycles. The minimum atomic E-state index is -4.65. The minimum Gasteiger partial charge on any atom is -0.460 e. The van der Waals surface area contributed by atoms with E-state index < -0.39 is 23.5 Å². The van der Waals surface area contributed by atoms with Crippen molar-refractivity contribution in [3.8, 4) is 5.88 Å². The Labute approximate surface area is 161 Å². The van der Waals surface area contributed by atoms with Crippen molar-refractivity contribution in [3.63, 3.8) is 0 Å². The fourth-order valence-electron chi connectivity index (χ4n) is 3.37. The number of rotatable bonds is 4. The van der Waals surface area contributed by atoms with Crippen LogP contribution >= 0.6 is 0 Å². The molecule has 8 heteroatoms. The molecule has 0 N–H and O–H groups in total. The summed E-state index contributed by atoms with van der Waals surface area (Å²) >= 11 is 0. The first-order valence-electron chi connectivity index (χ1n) is 9.00. The molecule has 0 spiro atoms.